The van der Waals surface area contributed by atoms with Gasteiger partial charge in [-0.2, -0.15) is 11.8 Å². The van der Waals surface area contributed by atoms with Crippen LogP contribution in [0.15, 0.2) is 0 Å². The fraction of sp³-hybridized carbons (Fsp3) is 1.00. The highest BCUT2D eigenvalue weighted by Crippen LogP contribution is 1.99. The van der Waals surface area contributed by atoms with Crippen molar-refractivity contribution in [3.8, 4) is 0 Å². The summed E-state index contributed by atoms with van der Waals surface area (Å²) in [5.41, 5.74) is 0. The van der Waals surface area contributed by atoms with Gasteiger partial charge >= 0.3 is 0 Å². The SMILES string of the molecule is CCSCCCNCCCOCC(C)C. The second-order valence-electron chi connectivity index (χ2n) is 4.12. The maximum Gasteiger partial charge on any atom is 0.0489 e. The highest BCUT2D eigenvalue weighted by molar-refractivity contribution is 7.99. The maximum atomic E-state index is 5.50. The molecule has 0 heterocycles. The molecule has 0 saturated carbocycles. The molecule has 0 unspecified atom stereocenters. The van der Waals surface area contributed by atoms with E-state index >= 15 is 0 Å². The summed E-state index contributed by atoms with van der Waals surface area (Å²) in [6.07, 6.45) is 2.42. The Morgan fingerprint density at radius 2 is 1.93 bits per heavy atom. The molecule has 0 aromatic heterocycles. The van der Waals surface area contributed by atoms with Crippen molar-refractivity contribution in [2.24, 2.45) is 5.92 Å². The van der Waals surface area contributed by atoms with E-state index in [9.17, 15) is 0 Å². The molecule has 92 valence electrons. The molecular formula is C12H27NOS. The second-order valence-corrected chi connectivity index (χ2v) is 5.52. The van der Waals surface area contributed by atoms with Gasteiger partial charge in [-0.1, -0.05) is 20.8 Å². The monoisotopic (exact) mass is 233 g/mol. The number of hydrogen-bond donors (Lipinski definition) is 1. The van der Waals surface area contributed by atoms with Gasteiger partial charge in [0.2, 0.25) is 0 Å². The molecule has 0 aromatic rings. The number of ether oxygens (including phenoxy) is 1. The molecule has 0 aliphatic rings. The van der Waals surface area contributed by atoms with Crippen molar-refractivity contribution in [3.63, 3.8) is 0 Å². The van der Waals surface area contributed by atoms with Crippen LogP contribution in [0.1, 0.15) is 33.6 Å². The molecule has 0 bridgehead atoms. The molecule has 0 amide bonds. The summed E-state index contributed by atoms with van der Waals surface area (Å²) in [6, 6.07) is 0. The molecule has 0 spiro atoms. The third kappa shape index (κ3) is 14.3. The third-order valence-electron chi connectivity index (χ3n) is 1.94. The normalized spacial score (nSPS) is 11.2. The number of nitrogens with one attached hydrogen (secondary N) is 1. The first kappa shape index (κ1) is 15.3. The molecular weight excluding hydrogens is 206 g/mol. The van der Waals surface area contributed by atoms with Gasteiger partial charge in [0.05, 0.1) is 0 Å². The molecule has 0 rings (SSSR count). The van der Waals surface area contributed by atoms with Crippen molar-refractivity contribution < 1.29 is 4.74 Å². The van der Waals surface area contributed by atoms with Crippen LogP contribution in [0.4, 0.5) is 0 Å². The lowest BCUT2D eigenvalue weighted by molar-refractivity contribution is 0.108. The standard InChI is InChI=1S/C12H27NOS/c1-4-15-10-6-8-13-7-5-9-14-11-12(2)3/h12-13H,4-11H2,1-3H3. The Hall–Kier alpha value is 0.270. The van der Waals surface area contributed by atoms with E-state index in [0.29, 0.717) is 5.92 Å². The topological polar surface area (TPSA) is 21.3 Å². The van der Waals surface area contributed by atoms with Gasteiger partial charge in [-0.25, -0.2) is 0 Å². The van der Waals surface area contributed by atoms with Crippen LogP contribution in [0.5, 0.6) is 0 Å². The summed E-state index contributed by atoms with van der Waals surface area (Å²) in [4.78, 5) is 0. The smallest absolute Gasteiger partial charge is 0.0489 e. The molecule has 15 heavy (non-hydrogen) atoms. The van der Waals surface area contributed by atoms with Gasteiger partial charge in [0, 0.05) is 13.2 Å². The van der Waals surface area contributed by atoms with Gasteiger partial charge in [-0.3, -0.25) is 0 Å². The van der Waals surface area contributed by atoms with Crippen LogP contribution in [0, 0.1) is 5.92 Å². The first-order valence-corrected chi connectivity index (χ1v) is 7.29. The molecule has 0 aliphatic heterocycles. The van der Waals surface area contributed by atoms with Crippen molar-refractivity contribution in [3.05, 3.63) is 0 Å². The van der Waals surface area contributed by atoms with Crippen LogP contribution in [-0.4, -0.2) is 37.8 Å². The van der Waals surface area contributed by atoms with Gasteiger partial charge in [-0.05, 0) is 43.4 Å². The lowest BCUT2D eigenvalue weighted by Gasteiger charge is -2.07. The molecule has 2 nitrogen and oxygen atoms in total. The summed E-state index contributed by atoms with van der Waals surface area (Å²) in [7, 11) is 0. The van der Waals surface area contributed by atoms with E-state index in [4.69, 9.17) is 4.74 Å². The number of rotatable bonds is 11. The van der Waals surface area contributed by atoms with E-state index < -0.39 is 0 Å². The van der Waals surface area contributed by atoms with Crippen molar-refractivity contribution in [2.75, 3.05) is 37.8 Å². The van der Waals surface area contributed by atoms with Gasteiger partial charge in [0.15, 0.2) is 0 Å². The molecule has 0 fully saturated rings. The Morgan fingerprint density at radius 3 is 2.60 bits per heavy atom. The Bertz CT molecular complexity index is 120. The number of thioether (sulfide) groups is 1. The van der Waals surface area contributed by atoms with E-state index in [2.05, 4.69) is 26.1 Å². The summed E-state index contributed by atoms with van der Waals surface area (Å²) < 4.78 is 5.50. The molecule has 0 saturated heterocycles. The Labute approximate surface area is 99.5 Å². The predicted molar refractivity (Wildman–Crippen MR) is 70.8 cm³/mol. The zero-order chi connectivity index (χ0) is 11.4. The van der Waals surface area contributed by atoms with Gasteiger partial charge in [-0.15, -0.1) is 0 Å². The Morgan fingerprint density at radius 1 is 1.20 bits per heavy atom. The molecule has 0 radical (unpaired) electrons. The summed E-state index contributed by atoms with van der Waals surface area (Å²) in [6.45, 7) is 10.6. The second kappa shape index (κ2) is 12.3. The fourth-order valence-corrected chi connectivity index (χ4v) is 1.82. The number of hydrogen-bond acceptors (Lipinski definition) is 3. The van der Waals surface area contributed by atoms with Gasteiger partial charge in [0.25, 0.3) is 0 Å². The molecule has 0 aliphatic carbocycles. The summed E-state index contributed by atoms with van der Waals surface area (Å²) in [5, 5.41) is 3.44. The van der Waals surface area contributed by atoms with Crippen LogP contribution in [0.3, 0.4) is 0 Å². The zero-order valence-corrected chi connectivity index (χ0v) is 11.4. The average molecular weight is 233 g/mol. The third-order valence-corrected chi connectivity index (χ3v) is 2.93. The van der Waals surface area contributed by atoms with Crippen LogP contribution >= 0.6 is 11.8 Å². The fourth-order valence-electron chi connectivity index (χ4n) is 1.19. The van der Waals surface area contributed by atoms with Gasteiger partial charge < -0.3 is 10.1 Å². The first-order valence-electron chi connectivity index (χ1n) is 6.13. The van der Waals surface area contributed by atoms with Crippen LogP contribution < -0.4 is 5.32 Å². The van der Waals surface area contributed by atoms with E-state index in [1.54, 1.807) is 0 Å². The largest absolute Gasteiger partial charge is 0.381 e. The first-order chi connectivity index (χ1) is 7.27. The molecule has 1 N–H and O–H groups in total. The average Bonchev–Trinajstić information content (AvgIpc) is 2.20. The maximum absolute atomic E-state index is 5.50. The molecule has 0 aromatic carbocycles. The quantitative estimate of drug-likeness (QED) is 0.555. The minimum atomic E-state index is 0.657. The van der Waals surface area contributed by atoms with Crippen molar-refractivity contribution in [2.45, 2.75) is 33.6 Å². The summed E-state index contributed by atoms with van der Waals surface area (Å²) >= 11 is 2.02. The van der Waals surface area contributed by atoms with E-state index in [0.717, 1.165) is 32.7 Å². The van der Waals surface area contributed by atoms with Gasteiger partial charge in [0.1, 0.15) is 0 Å². The van der Waals surface area contributed by atoms with Crippen LogP contribution in [-0.2, 0) is 4.74 Å². The molecule has 0 atom stereocenters. The predicted octanol–water partition coefficient (Wildman–Crippen LogP) is 2.78. The van der Waals surface area contributed by atoms with Crippen LogP contribution in [0.2, 0.25) is 0 Å². The van der Waals surface area contributed by atoms with Crippen LogP contribution in [0.25, 0.3) is 0 Å². The summed E-state index contributed by atoms with van der Waals surface area (Å²) in [5.74, 6) is 3.18. The van der Waals surface area contributed by atoms with E-state index in [1.807, 2.05) is 11.8 Å². The lowest BCUT2D eigenvalue weighted by atomic mass is 10.2. The Balaban J connectivity index is 2.87. The lowest BCUT2D eigenvalue weighted by Crippen LogP contribution is -2.19. The zero-order valence-electron chi connectivity index (χ0n) is 10.6. The van der Waals surface area contributed by atoms with Crippen molar-refractivity contribution in [1.82, 2.24) is 5.32 Å². The minimum absolute atomic E-state index is 0.657. The molecule has 3 heteroatoms. The highest BCUT2D eigenvalue weighted by Gasteiger charge is 1.93. The highest BCUT2D eigenvalue weighted by atomic mass is 32.2. The van der Waals surface area contributed by atoms with Crippen molar-refractivity contribution >= 4 is 11.8 Å². The minimum Gasteiger partial charge on any atom is -0.381 e. The van der Waals surface area contributed by atoms with E-state index in [-0.39, 0.29) is 0 Å². The van der Waals surface area contributed by atoms with Crippen molar-refractivity contribution in [1.29, 1.82) is 0 Å². The van der Waals surface area contributed by atoms with E-state index in [1.165, 1.54) is 17.9 Å². The Kier molecular flexibility index (Phi) is 12.6.